The van der Waals surface area contributed by atoms with Crippen LogP contribution in [-0.2, 0) is 9.53 Å². The van der Waals surface area contributed by atoms with Crippen LogP contribution >= 0.6 is 23.1 Å². The second kappa shape index (κ2) is 9.24. The van der Waals surface area contributed by atoms with Crippen molar-refractivity contribution >= 4 is 46.0 Å². The molecule has 2 N–H and O–H groups in total. The molecule has 8 heteroatoms. The van der Waals surface area contributed by atoms with Crippen molar-refractivity contribution in [1.82, 2.24) is 5.32 Å². The van der Waals surface area contributed by atoms with Crippen LogP contribution in [-0.4, -0.2) is 30.8 Å². The maximum atomic E-state index is 12.1. The Labute approximate surface area is 154 Å². The maximum Gasteiger partial charge on any atom is 0.413 e. The lowest BCUT2D eigenvalue weighted by Crippen LogP contribution is -2.30. The van der Waals surface area contributed by atoms with Crippen LogP contribution in [0.15, 0.2) is 40.6 Å². The van der Waals surface area contributed by atoms with E-state index in [0.29, 0.717) is 17.2 Å². The molecule has 3 amide bonds. The summed E-state index contributed by atoms with van der Waals surface area (Å²) >= 11 is 2.81. The van der Waals surface area contributed by atoms with Crippen LogP contribution in [0.5, 0.6) is 0 Å². The van der Waals surface area contributed by atoms with E-state index in [9.17, 15) is 14.4 Å². The number of benzene rings is 1. The second-order valence-electron chi connectivity index (χ2n) is 5.07. The Balaban J connectivity index is 1.84. The van der Waals surface area contributed by atoms with Crippen LogP contribution in [0.25, 0.3) is 0 Å². The van der Waals surface area contributed by atoms with Crippen LogP contribution in [0.3, 0.4) is 0 Å². The standard InChI is InChI=1S/C17H18N2O4S2/c1-11-3-5-12(6-4-11)24-10-8-14(20)18-16-13(7-9-25-16)15(21)19-17(22)23-2/h3-7,9H,8,10H2,1-2H3,(H,18,20)(H,19,21,22). The molecule has 2 rings (SSSR count). The first-order valence-electron chi connectivity index (χ1n) is 7.45. The highest BCUT2D eigenvalue weighted by molar-refractivity contribution is 7.99. The summed E-state index contributed by atoms with van der Waals surface area (Å²) < 4.78 is 4.38. The number of hydrogen-bond acceptors (Lipinski definition) is 6. The fourth-order valence-electron chi connectivity index (χ4n) is 1.88. The molecule has 1 aromatic heterocycles. The molecule has 2 aromatic rings. The predicted molar refractivity (Wildman–Crippen MR) is 99.3 cm³/mol. The molecule has 132 valence electrons. The summed E-state index contributed by atoms with van der Waals surface area (Å²) in [5.41, 5.74) is 1.42. The van der Waals surface area contributed by atoms with Gasteiger partial charge in [0.05, 0.1) is 12.7 Å². The first-order valence-corrected chi connectivity index (χ1v) is 9.32. The number of rotatable bonds is 6. The molecule has 0 aliphatic heterocycles. The highest BCUT2D eigenvalue weighted by atomic mass is 32.2. The number of imide groups is 1. The van der Waals surface area contributed by atoms with E-state index in [-0.39, 0.29) is 11.5 Å². The lowest BCUT2D eigenvalue weighted by atomic mass is 10.2. The van der Waals surface area contributed by atoms with E-state index in [1.165, 1.54) is 24.0 Å². The molecule has 1 heterocycles. The van der Waals surface area contributed by atoms with Gasteiger partial charge in [-0.15, -0.1) is 23.1 Å². The first-order chi connectivity index (χ1) is 12.0. The van der Waals surface area contributed by atoms with Crippen molar-refractivity contribution < 1.29 is 19.1 Å². The van der Waals surface area contributed by atoms with Gasteiger partial charge in [0.25, 0.3) is 5.91 Å². The molecule has 0 saturated carbocycles. The van der Waals surface area contributed by atoms with Crippen molar-refractivity contribution in [3.05, 3.63) is 46.8 Å². The lowest BCUT2D eigenvalue weighted by Gasteiger charge is -2.07. The van der Waals surface area contributed by atoms with E-state index < -0.39 is 12.0 Å². The Hall–Kier alpha value is -2.32. The highest BCUT2D eigenvalue weighted by Crippen LogP contribution is 2.24. The number of methoxy groups -OCH3 is 1. The number of alkyl carbamates (subject to hydrolysis) is 1. The van der Waals surface area contributed by atoms with Crippen molar-refractivity contribution in [3.63, 3.8) is 0 Å². The average molecular weight is 378 g/mol. The van der Waals surface area contributed by atoms with Crippen LogP contribution in [0.2, 0.25) is 0 Å². The minimum atomic E-state index is -0.844. The molecular weight excluding hydrogens is 360 g/mol. The molecular formula is C17H18N2O4S2. The molecule has 0 unspecified atom stereocenters. The van der Waals surface area contributed by atoms with Gasteiger partial charge in [0, 0.05) is 17.1 Å². The number of thioether (sulfide) groups is 1. The number of hydrogen-bond donors (Lipinski definition) is 2. The monoisotopic (exact) mass is 378 g/mol. The fraction of sp³-hybridized carbons (Fsp3) is 0.235. The Morgan fingerprint density at radius 3 is 2.56 bits per heavy atom. The van der Waals surface area contributed by atoms with Gasteiger partial charge in [-0.25, -0.2) is 4.79 Å². The number of ether oxygens (including phenoxy) is 1. The molecule has 25 heavy (non-hydrogen) atoms. The van der Waals surface area contributed by atoms with Crippen LogP contribution in [0.1, 0.15) is 22.3 Å². The average Bonchev–Trinajstić information content (AvgIpc) is 3.04. The fourth-order valence-corrected chi connectivity index (χ4v) is 3.53. The molecule has 0 radical (unpaired) electrons. The number of amides is 3. The zero-order chi connectivity index (χ0) is 18.2. The van der Waals surface area contributed by atoms with E-state index in [4.69, 9.17) is 0 Å². The Bertz CT molecular complexity index is 756. The molecule has 0 spiro atoms. The summed E-state index contributed by atoms with van der Waals surface area (Å²) in [6.07, 6.45) is -0.530. The summed E-state index contributed by atoms with van der Waals surface area (Å²) in [4.78, 5) is 36.2. The van der Waals surface area contributed by atoms with Crippen molar-refractivity contribution in [1.29, 1.82) is 0 Å². The van der Waals surface area contributed by atoms with Crippen LogP contribution in [0.4, 0.5) is 9.80 Å². The minimum Gasteiger partial charge on any atom is -0.453 e. The normalized spacial score (nSPS) is 10.2. The van der Waals surface area contributed by atoms with Gasteiger partial charge >= 0.3 is 6.09 Å². The first kappa shape index (κ1) is 19.0. The predicted octanol–water partition coefficient (Wildman–Crippen LogP) is 3.67. The number of nitrogens with one attached hydrogen (secondary N) is 2. The van der Waals surface area contributed by atoms with Gasteiger partial charge in [0.15, 0.2) is 0 Å². The third kappa shape index (κ3) is 5.91. The topological polar surface area (TPSA) is 84.5 Å². The van der Waals surface area contributed by atoms with E-state index >= 15 is 0 Å². The van der Waals surface area contributed by atoms with Crippen molar-refractivity contribution in [2.45, 2.75) is 18.2 Å². The van der Waals surface area contributed by atoms with Gasteiger partial charge in [0.1, 0.15) is 5.00 Å². The summed E-state index contributed by atoms with van der Waals surface area (Å²) in [6, 6.07) is 9.64. The molecule has 0 aliphatic rings. The number of carbonyl (C=O) groups is 3. The zero-order valence-corrected chi connectivity index (χ0v) is 15.5. The Morgan fingerprint density at radius 2 is 1.88 bits per heavy atom. The third-order valence-corrected chi connectivity index (χ3v) is 5.03. The van der Waals surface area contributed by atoms with Gasteiger partial charge < -0.3 is 10.1 Å². The van der Waals surface area contributed by atoms with E-state index in [2.05, 4.69) is 15.4 Å². The lowest BCUT2D eigenvalue weighted by molar-refractivity contribution is -0.115. The smallest absolute Gasteiger partial charge is 0.413 e. The van der Waals surface area contributed by atoms with E-state index in [1.54, 1.807) is 23.2 Å². The van der Waals surface area contributed by atoms with Gasteiger partial charge in [-0.2, -0.15) is 0 Å². The third-order valence-electron chi connectivity index (χ3n) is 3.18. The second-order valence-corrected chi connectivity index (χ2v) is 7.15. The van der Waals surface area contributed by atoms with E-state index in [0.717, 1.165) is 4.90 Å². The molecule has 0 fully saturated rings. The van der Waals surface area contributed by atoms with Crippen LogP contribution in [0, 0.1) is 6.92 Å². The Morgan fingerprint density at radius 1 is 1.16 bits per heavy atom. The summed E-state index contributed by atoms with van der Waals surface area (Å²) in [5.74, 6) is -0.171. The number of aryl methyl sites for hydroxylation is 1. The molecule has 6 nitrogen and oxygen atoms in total. The van der Waals surface area contributed by atoms with Crippen molar-refractivity contribution in [2.75, 3.05) is 18.2 Å². The summed E-state index contributed by atoms with van der Waals surface area (Å²) in [5, 5.41) is 6.86. The summed E-state index contributed by atoms with van der Waals surface area (Å²) in [7, 11) is 1.17. The highest BCUT2D eigenvalue weighted by Gasteiger charge is 2.17. The molecule has 0 atom stereocenters. The van der Waals surface area contributed by atoms with Crippen LogP contribution < -0.4 is 10.6 Å². The zero-order valence-electron chi connectivity index (χ0n) is 13.8. The van der Waals surface area contributed by atoms with Gasteiger partial charge in [-0.3, -0.25) is 14.9 Å². The number of anilines is 1. The quantitative estimate of drug-likeness (QED) is 0.749. The van der Waals surface area contributed by atoms with Crippen molar-refractivity contribution in [2.24, 2.45) is 0 Å². The maximum absolute atomic E-state index is 12.1. The SMILES string of the molecule is COC(=O)NC(=O)c1ccsc1NC(=O)CCSc1ccc(C)cc1. The minimum absolute atomic E-state index is 0.186. The van der Waals surface area contributed by atoms with E-state index in [1.807, 2.05) is 31.2 Å². The molecule has 0 saturated heterocycles. The number of thiophene rings is 1. The molecule has 0 aliphatic carbocycles. The van der Waals surface area contributed by atoms with Gasteiger partial charge in [-0.1, -0.05) is 17.7 Å². The molecule has 0 bridgehead atoms. The Kier molecular flexibility index (Phi) is 7.03. The largest absolute Gasteiger partial charge is 0.453 e. The van der Waals surface area contributed by atoms with Gasteiger partial charge in [-0.05, 0) is 30.5 Å². The molecule has 1 aromatic carbocycles. The van der Waals surface area contributed by atoms with Gasteiger partial charge in [0.2, 0.25) is 5.91 Å². The van der Waals surface area contributed by atoms with Crippen molar-refractivity contribution in [3.8, 4) is 0 Å². The number of carbonyl (C=O) groups excluding carboxylic acids is 3. The summed E-state index contributed by atoms with van der Waals surface area (Å²) in [6.45, 7) is 2.02.